The van der Waals surface area contributed by atoms with Gasteiger partial charge in [-0.05, 0) is 12.0 Å². The molecule has 1 fully saturated rings. The van der Waals surface area contributed by atoms with Gasteiger partial charge >= 0.3 is 0 Å². The van der Waals surface area contributed by atoms with E-state index in [1.165, 1.54) is 12.8 Å². The van der Waals surface area contributed by atoms with Crippen molar-refractivity contribution in [2.75, 3.05) is 13.7 Å². The molecule has 1 saturated heterocycles. The molecule has 0 bridgehead atoms. The third kappa shape index (κ3) is 2.81. The average molecular weight is 160 g/mol. The van der Waals surface area contributed by atoms with Crippen molar-refractivity contribution in [2.45, 2.75) is 31.4 Å². The van der Waals surface area contributed by atoms with Crippen molar-refractivity contribution in [3.63, 3.8) is 0 Å². The second kappa shape index (κ2) is 4.11. The Balaban J connectivity index is 2.05. The second-order valence-electron chi connectivity index (χ2n) is 2.92. The molecular formula is C7H16O2Si. The molecule has 0 amide bonds. The summed E-state index contributed by atoms with van der Waals surface area (Å²) in [6.07, 6.45) is 3.10. The molecule has 0 N–H and O–H groups in total. The minimum Gasteiger partial charge on any atom is -0.427 e. The van der Waals surface area contributed by atoms with E-state index in [1.54, 1.807) is 0 Å². The van der Waals surface area contributed by atoms with E-state index in [9.17, 15) is 0 Å². The molecule has 0 aromatic heterocycles. The van der Waals surface area contributed by atoms with Crippen molar-refractivity contribution in [3.8, 4) is 0 Å². The quantitative estimate of drug-likeness (QED) is 0.436. The van der Waals surface area contributed by atoms with Crippen molar-refractivity contribution < 1.29 is 9.16 Å². The SMILES string of the molecule is CCC(CC1CO1)[SiH2]OC. The summed E-state index contributed by atoms with van der Waals surface area (Å²) in [6.45, 7) is 3.23. The lowest BCUT2D eigenvalue weighted by molar-refractivity contribution is 0.375. The zero-order chi connectivity index (χ0) is 7.40. The van der Waals surface area contributed by atoms with Crippen molar-refractivity contribution in [1.29, 1.82) is 0 Å². The van der Waals surface area contributed by atoms with Crippen LogP contribution < -0.4 is 0 Å². The van der Waals surface area contributed by atoms with E-state index in [0.717, 1.165) is 12.1 Å². The topological polar surface area (TPSA) is 21.8 Å². The van der Waals surface area contributed by atoms with Crippen molar-refractivity contribution in [1.82, 2.24) is 0 Å². The van der Waals surface area contributed by atoms with Gasteiger partial charge in [0.1, 0.15) is 0 Å². The van der Waals surface area contributed by atoms with Gasteiger partial charge < -0.3 is 9.16 Å². The Morgan fingerprint density at radius 3 is 2.90 bits per heavy atom. The van der Waals surface area contributed by atoms with Gasteiger partial charge in [0.15, 0.2) is 9.76 Å². The summed E-state index contributed by atoms with van der Waals surface area (Å²) in [4.78, 5) is 0. The molecule has 1 aliphatic heterocycles. The standard InChI is InChI=1S/C7H16O2Si/c1-3-7(10-8-2)4-6-5-9-6/h6-7H,3-5,10H2,1-2H3. The predicted molar refractivity (Wildman–Crippen MR) is 44.0 cm³/mol. The van der Waals surface area contributed by atoms with Crippen LogP contribution in [0, 0.1) is 0 Å². The average Bonchev–Trinajstić information content (AvgIpc) is 2.71. The molecule has 0 spiro atoms. The van der Waals surface area contributed by atoms with Crippen LogP contribution >= 0.6 is 0 Å². The molecular weight excluding hydrogens is 144 g/mol. The summed E-state index contributed by atoms with van der Waals surface area (Å²) in [7, 11) is 1.57. The second-order valence-corrected chi connectivity index (χ2v) is 4.99. The first-order valence-electron chi connectivity index (χ1n) is 3.97. The van der Waals surface area contributed by atoms with Gasteiger partial charge in [-0.25, -0.2) is 0 Å². The lowest BCUT2D eigenvalue weighted by atomic mass is 10.2. The molecule has 0 saturated carbocycles. The Hall–Kier alpha value is 0.137. The molecule has 2 unspecified atom stereocenters. The van der Waals surface area contributed by atoms with Crippen LogP contribution in [-0.2, 0) is 9.16 Å². The molecule has 60 valence electrons. The Morgan fingerprint density at radius 2 is 2.50 bits per heavy atom. The summed E-state index contributed by atoms with van der Waals surface area (Å²) in [5.74, 6) is 0. The summed E-state index contributed by atoms with van der Waals surface area (Å²) >= 11 is 0. The normalized spacial score (nSPS) is 27.6. The fourth-order valence-corrected chi connectivity index (χ4v) is 2.38. The molecule has 2 atom stereocenters. The molecule has 0 radical (unpaired) electrons. The first kappa shape index (κ1) is 8.24. The molecule has 1 rings (SSSR count). The van der Waals surface area contributed by atoms with E-state index in [0.29, 0.717) is 6.10 Å². The fourth-order valence-electron chi connectivity index (χ4n) is 1.16. The predicted octanol–water partition coefficient (Wildman–Crippen LogP) is 0.704. The third-order valence-electron chi connectivity index (χ3n) is 1.98. The minimum absolute atomic E-state index is 0.247. The van der Waals surface area contributed by atoms with E-state index in [-0.39, 0.29) is 9.76 Å². The van der Waals surface area contributed by atoms with Crippen molar-refractivity contribution in [2.24, 2.45) is 0 Å². The van der Waals surface area contributed by atoms with Crippen LogP contribution in [0.5, 0.6) is 0 Å². The molecule has 10 heavy (non-hydrogen) atoms. The van der Waals surface area contributed by atoms with Crippen LogP contribution in [0.1, 0.15) is 19.8 Å². The van der Waals surface area contributed by atoms with Gasteiger partial charge in [-0.2, -0.15) is 0 Å². The number of hydrogen-bond acceptors (Lipinski definition) is 2. The number of rotatable bonds is 5. The van der Waals surface area contributed by atoms with Gasteiger partial charge in [0.2, 0.25) is 0 Å². The maximum Gasteiger partial charge on any atom is 0.164 e. The zero-order valence-corrected chi connectivity index (χ0v) is 8.21. The maximum atomic E-state index is 5.21. The molecule has 3 heteroatoms. The van der Waals surface area contributed by atoms with Crippen LogP contribution in [0.3, 0.4) is 0 Å². The van der Waals surface area contributed by atoms with E-state index in [4.69, 9.17) is 9.16 Å². The molecule has 2 nitrogen and oxygen atoms in total. The summed E-state index contributed by atoms with van der Waals surface area (Å²) in [5.41, 5.74) is 0.845. The number of epoxide rings is 1. The smallest absolute Gasteiger partial charge is 0.164 e. The van der Waals surface area contributed by atoms with Crippen LogP contribution in [0.25, 0.3) is 0 Å². The Kier molecular flexibility index (Phi) is 3.38. The van der Waals surface area contributed by atoms with E-state index in [2.05, 4.69) is 6.92 Å². The minimum atomic E-state index is -0.247. The molecule has 0 aromatic rings. The first-order chi connectivity index (χ1) is 4.86. The zero-order valence-electron chi connectivity index (χ0n) is 6.80. The van der Waals surface area contributed by atoms with Gasteiger partial charge in [0, 0.05) is 7.11 Å². The van der Waals surface area contributed by atoms with Crippen LogP contribution in [0.15, 0.2) is 0 Å². The maximum absolute atomic E-state index is 5.21. The summed E-state index contributed by atoms with van der Waals surface area (Å²) in [5, 5.41) is 0. The number of ether oxygens (including phenoxy) is 1. The first-order valence-corrected chi connectivity index (χ1v) is 5.36. The Bertz CT molecular complexity index is 93.6. The third-order valence-corrected chi connectivity index (χ3v) is 3.69. The van der Waals surface area contributed by atoms with Gasteiger partial charge in [0.05, 0.1) is 12.7 Å². The van der Waals surface area contributed by atoms with Crippen molar-refractivity contribution >= 4 is 9.76 Å². The van der Waals surface area contributed by atoms with Gasteiger partial charge in [-0.15, -0.1) is 0 Å². The lowest BCUT2D eigenvalue weighted by Crippen LogP contribution is -2.07. The van der Waals surface area contributed by atoms with Crippen LogP contribution in [0.2, 0.25) is 5.54 Å². The van der Waals surface area contributed by atoms with E-state index in [1.807, 2.05) is 7.11 Å². The van der Waals surface area contributed by atoms with Crippen molar-refractivity contribution in [3.05, 3.63) is 0 Å². The monoisotopic (exact) mass is 160 g/mol. The highest BCUT2D eigenvalue weighted by Crippen LogP contribution is 2.24. The van der Waals surface area contributed by atoms with Gasteiger partial charge in [0.25, 0.3) is 0 Å². The van der Waals surface area contributed by atoms with Gasteiger partial charge in [-0.3, -0.25) is 0 Å². The lowest BCUT2D eigenvalue weighted by Gasteiger charge is -2.09. The Morgan fingerprint density at radius 1 is 1.80 bits per heavy atom. The molecule has 0 aromatic carbocycles. The van der Waals surface area contributed by atoms with Crippen LogP contribution in [-0.4, -0.2) is 29.6 Å². The summed E-state index contributed by atoms with van der Waals surface area (Å²) in [6, 6.07) is 0. The molecule has 1 aliphatic rings. The highest BCUT2D eigenvalue weighted by molar-refractivity contribution is 6.29. The highest BCUT2D eigenvalue weighted by atomic mass is 28.2. The largest absolute Gasteiger partial charge is 0.427 e. The summed E-state index contributed by atoms with van der Waals surface area (Å²) < 4.78 is 10.4. The number of hydrogen-bond donors (Lipinski definition) is 0. The van der Waals surface area contributed by atoms with Gasteiger partial charge in [-0.1, -0.05) is 13.3 Å². The Labute approximate surface area is 64.8 Å². The van der Waals surface area contributed by atoms with Crippen LogP contribution in [0.4, 0.5) is 0 Å². The highest BCUT2D eigenvalue weighted by Gasteiger charge is 2.25. The van der Waals surface area contributed by atoms with E-state index >= 15 is 0 Å². The fraction of sp³-hybridized carbons (Fsp3) is 1.00. The molecule has 1 heterocycles. The molecule has 0 aliphatic carbocycles. The van der Waals surface area contributed by atoms with E-state index < -0.39 is 0 Å².